The number of aliphatic imine (C=N–C) groups is 1. The van der Waals surface area contributed by atoms with Gasteiger partial charge in [0, 0.05) is 33.2 Å². The molecule has 5 aromatic rings. The van der Waals surface area contributed by atoms with Crippen molar-refractivity contribution in [1.29, 1.82) is 0 Å². The number of aromatic amines is 1. The number of nitrogens with one attached hydrogen (secondary N) is 2. The summed E-state index contributed by atoms with van der Waals surface area (Å²) in [7, 11) is 0. The van der Waals surface area contributed by atoms with Gasteiger partial charge in [-0.3, -0.25) is 4.79 Å². The predicted molar refractivity (Wildman–Crippen MR) is 151 cm³/mol. The minimum atomic E-state index is -0.0780. The molecular formula is C31H27N3OS. The molecule has 1 aliphatic carbocycles. The molecule has 0 atom stereocenters. The van der Waals surface area contributed by atoms with Gasteiger partial charge in [0.2, 0.25) is 0 Å². The number of anilines is 1. The fourth-order valence-electron chi connectivity index (χ4n) is 5.07. The lowest BCUT2D eigenvalue weighted by molar-refractivity contribution is 0.102. The van der Waals surface area contributed by atoms with Gasteiger partial charge in [0.05, 0.1) is 11.3 Å². The average molecular weight is 490 g/mol. The third kappa shape index (κ3) is 4.16. The van der Waals surface area contributed by atoms with Crippen molar-refractivity contribution in [2.45, 2.75) is 32.6 Å². The highest BCUT2D eigenvalue weighted by Crippen LogP contribution is 2.41. The number of aryl methyl sites for hydroxylation is 2. The van der Waals surface area contributed by atoms with Crippen LogP contribution in [0.4, 0.5) is 10.7 Å². The van der Waals surface area contributed by atoms with Crippen LogP contribution in [0.2, 0.25) is 0 Å². The second-order valence-electron chi connectivity index (χ2n) is 9.25. The maximum atomic E-state index is 13.5. The number of nitrogens with zero attached hydrogens (tertiary/aromatic N) is 1. The number of aromatic nitrogens is 1. The number of hydrogen-bond acceptors (Lipinski definition) is 3. The normalized spacial score (nSPS) is 13.2. The van der Waals surface area contributed by atoms with Crippen LogP contribution in [0.15, 0.2) is 83.9 Å². The van der Waals surface area contributed by atoms with Crippen molar-refractivity contribution >= 4 is 45.0 Å². The summed E-state index contributed by atoms with van der Waals surface area (Å²) in [6.07, 6.45) is 6.16. The molecule has 4 nitrogen and oxygen atoms in total. The van der Waals surface area contributed by atoms with E-state index in [4.69, 9.17) is 4.99 Å². The van der Waals surface area contributed by atoms with E-state index < -0.39 is 0 Å². The van der Waals surface area contributed by atoms with Crippen LogP contribution in [0.3, 0.4) is 0 Å². The maximum Gasteiger partial charge on any atom is 0.259 e. The Labute approximate surface area is 214 Å². The van der Waals surface area contributed by atoms with Crippen LogP contribution in [0.25, 0.3) is 22.2 Å². The van der Waals surface area contributed by atoms with E-state index in [1.165, 1.54) is 16.0 Å². The highest BCUT2D eigenvalue weighted by atomic mass is 32.1. The van der Waals surface area contributed by atoms with Gasteiger partial charge in [-0.05, 0) is 61.4 Å². The molecule has 0 unspecified atom stereocenters. The Morgan fingerprint density at radius 3 is 2.50 bits per heavy atom. The second kappa shape index (κ2) is 9.59. The Bertz CT molecular complexity index is 1580. The van der Waals surface area contributed by atoms with Crippen LogP contribution in [0.5, 0.6) is 0 Å². The molecule has 178 valence electrons. The quantitative estimate of drug-likeness (QED) is 0.241. The van der Waals surface area contributed by atoms with Gasteiger partial charge < -0.3 is 10.3 Å². The molecule has 5 heteroatoms. The monoisotopic (exact) mass is 489 g/mol. The SMILES string of the molecule is Cc1cccc2c(C=Nc3sc4c(c3C(=O)Nc3ccccc3)CCCC4)c(-c3ccccc3)[nH]c12. The van der Waals surface area contributed by atoms with Gasteiger partial charge in [-0.1, -0.05) is 66.7 Å². The van der Waals surface area contributed by atoms with Crippen molar-refractivity contribution in [2.24, 2.45) is 4.99 Å². The zero-order chi connectivity index (χ0) is 24.5. The molecule has 3 aromatic carbocycles. The molecule has 0 aliphatic heterocycles. The zero-order valence-corrected chi connectivity index (χ0v) is 21.0. The van der Waals surface area contributed by atoms with Gasteiger partial charge in [0.25, 0.3) is 5.91 Å². The third-order valence-electron chi connectivity index (χ3n) is 6.87. The van der Waals surface area contributed by atoms with E-state index in [1.54, 1.807) is 11.3 Å². The minimum Gasteiger partial charge on any atom is -0.354 e. The van der Waals surface area contributed by atoms with Crippen LogP contribution in [-0.4, -0.2) is 17.1 Å². The Morgan fingerprint density at radius 2 is 1.69 bits per heavy atom. The smallest absolute Gasteiger partial charge is 0.259 e. The molecule has 2 N–H and O–H groups in total. The van der Waals surface area contributed by atoms with Crippen molar-refractivity contribution in [3.05, 3.63) is 106 Å². The van der Waals surface area contributed by atoms with E-state index >= 15 is 0 Å². The number of carbonyl (C=O) groups excluding carboxylic acids is 1. The average Bonchev–Trinajstić information content (AvgIpc) is 3.47. The van der Waals surface area contributed by atoms with E-state index in [9.17, 15) is 4.79 Å². The Kier molecular flexibility index (Phi) is 5.99. The molecule has 0 fully saturated rings. The first-order valence-corrected chi connectivity index (χ1v) is 13.2. The standard InChI is InChI=1S/C31H27N3OS/c1-20-11-10-17-23-25(29(34-28(20)23)21-12-4-2-5-13-21)19-32-31-27(24-16-8-9-18-26(24)36-31)30(35)33-22-14-6-3-7-15-22/h2-7,10-15,17,19,34H,8-9,16,18H2,1H3,(H,33,35). The molecule has 0 spiro atoms. The van der Waals surface area contributed by atoms with Gasteiger partial charge in [-0.15, -0.1) is 11.3 Å². The molecule has 0 radical (unpaired) electrons. The van der Waals surface area contributed by atoms with Crippen molar-refractivity contribution in [3.8, 4) is 11.3 Å². The predicted octanol–water partition coefficient (Wildman–Crippen LogP) is 8.09. The Morgan fingerprint density at radius 1 is 0.944 bits per heavy atom. The Hall–Kier alpha value is -3.96. The molecule has 1 aliphatic rings. The zero-order valence-electron chi connectivity index (χ0n) is 20.2. The van der Waals surface area contributed by atoms with Gasteiger partial charge >= 0.3 is 0 Å². The van der Waals surface area contributed by atoms with E-state index in [2.05, 4.69) is 47.6 Å². The highest BCUT2D eigenvalue weighted by Gasteiger charge is 2.25. The summed E-state index contributed by atoms with van der Waals surface area (Å²) in [5.74, 6) is -0.0780. The number of amides is 1. The van der Waals surface area contributed by atoms with E-state index in [1.807, 2.05) is 54.7 Å². The summed E-state index contributed by atoms with van der Waals surface area (Å²) < 4.78 is 0. The fraction of sp³-hybridized carbons (Fsp3) is 0.161. The van der Waals surface area contributed by atoms with Gasteiger partial charge in [-0.2, -0.15) is 0 Å². The molecule has 2 heterocycles. The van der Waals surface area contributed by atoms with Crippen LogP contribution in [0, 0.1) is 6.92 Å². The molecule has 2 aromatic heterocycles. The number of carbonyl (C=O) groups is 1. The molecule has 1 amide bonds. The summed E-state index contributed by atoms with van der Waals surface area (Å²) in [6.45, 7) is 2.12. The van der Waals surface area contributed by atoms with Crippen LogP contribution in [-0.2, 0) is 12.8 Å². The summed E-state index contributed by atoms with van der Waals surface area (Å²) >= 11 is 1.66. The summed E-state index contributed by atoms with van der Waals surface area (Å²) in [5, 5.41) is 5.01. The van der Waals surface area contributed by atoms with Crippen LogP contribution >= 0.6 is 11.3 Å². The number of thiophene rings is 1. The Balaban J connectivity index is 1.46. The van der Waals surface area contributed by atoms with Crippen molar-refractivity contribution in [3.63, 3.8) is 0 Å². The van der Waals surface area contributed by atoms with Gasteiger partial charge in [-0.25, -0.2) is 4.99 Å². The molecule has 0 saturated carbocycles. The topological polar surface area (TPSA) is 57.2 Å². The first kappa shape index (κ1) is 22.5. The van der Waals surface area contributed by atoms with Crippen molar-refractivity contribution in [1.82, 2.24) is 4.98 Å². The maximum absolute atomic E-state index is 13.5. The summed E-state index contributed by atoms with van der Waals surface area (Å²) in [4.78, 5) is 23.4. The van der Waals surface area contributed by atoms with Crippen molar-refractivity contribution in [2.75, 3.05) is 5.32 Å². The molecule has 6 rings (SSSR count). The lowest BCUT2D eigenvalue weighted by Crippen LogP contribution is -2.14. The first-order chi connectivity index (χ1) is 17.7. The van der Waals surface area contributed by atoms with Crippen LogP contribution in [0.1, 0.15) is 44.8 Å². The highest BCUT2D eigenvalue weighted by molar-refractivity contribution is 7.16. The number of H-pyrrole nitrogens is 1. The minimum absolute atomic E-state index is 0.0780. The number of benzene rings is 3. The second-order valence-corrected chi connectivity index (χ2v) is 10.3. The van der Waals surface area contributed by atoms with E-state index in [0.717, 1.165) is 69.7 Å². The number of hydrogen-bond donors (Lipinski definition) is 2. The number of rotatable bonds is 5. The summed E-state index contributed by atoms with van der Waals surface area (Å²) in [6, 6.07) is 26.3. The summed E-state index contributed by atoms with van der Waals surface area (Å²) in [5.41, 5.74) is 8.20. The van der Waals surface area contributed by atoms with Crippen LogP contribution < -0.4 is 5.32 Å². The molecular weight excluding hydrogens is 462 g/mol. The lowest BCUT2D eigenvalue weighted by atomic mass is 9.95. The third-order valence-corrected chi connectivity index (χ3v) is 8.07. The van der Waals surface area contributed by atoms with Gasteiger partial charge in [0.1, 0.15) is 5.00 Å². The molecule has 36 heavy (non-hydrogen) atoms. The molecule has 0 saturated heterocycles. The number of fused-ring (bicyclic) bond motifs is 2. The first-order valence-electron chi connectivity index (χ1n) is 12.4. The van der Waals surface area contributed by atoms with E-state index in [0.29, 0.717) is 0 Å². The van der Waals surface area contributed by atoms with E-state index in [-0.39, 0.29) is 5.91 Å². The number of para-hydroxylation sites is 2. The largest absolute Gasteiger partial charge is 0.354 e. The van der Waals surface area contributed by atoms with Crippen molar-refractivity contribution < 1.29 is 4.79 Å². The fourth-order valence-corrected chi connectivity index (χ4v) is 6.30. The molecule has 0 bridgehead atoms. The lowest BCUT2D eigenvalue weighted by Gasteiger charge is -2.12. The van der Waals surface area contributed by atoms with Gasteiger partial charge in [0.15, 0.2) is 0 Å².